The number of pyridine rings is 1. The fourth-order valence-corrected chi connectivity index (χ4v) is 5.49. The Balaban J connectivity index is 1.62. The van der Waals surface area contributed by atoms with Crippen LogP contribution in [0.25, 0.3) is 0 Å². The summed E-state index contributed by atoms with van der Waals surface area (Å²) in [4.78, 5) is 6.66. The Morgan fingerprint density at radius 1 is 1.06 bits per heavy atom. The fourth-order valence-electron chi connectivity index (χ4n) is 4.58. The number of hydrogen-bond donors (Lipinski definition) is 2. The molecule has 180 valence electrons. The molecule has 1 fully saturated rings. The van der Waals surface area contributed by atoms with Gasteiger partial charge in [-0.05, 0) is 68.5 Å². The molecule has 3 aromatic heterocycles. The number of anilines is 2. The highest BCUT2D eigenvalue weighted by Gasteiger charge is 2.42. The van der Waals surface area contributed by atoms with Gasteiger partial charge in [-0.2, -0.15) is 0 Å². The first kappa shape index (κ1) is 23.0. The van der Waals surface area contributed by atoms with Crippen molar-refractivity contribution in [2.45, 2.75) is 25.9 Å². The molecule has 35 heavy (non-hydrogen) atoms. The van der Waals surface area contributed by atoms with Crippen molar-refractivity contribution in [3.8, 4) is 0 Å². The molecule has 0 bridgehead atoms. The van der Waals surface area contributed by atoms with Crippen molar-refractivity contribution >= 4 is 38.7 Å². The Labute approximate surface area is 208 Å². The van der Waals surface area contributed by atoms with Gasteiger partial charge in [0.1, 0.15) is 12.7 Å². The van der Waals surface area contributed by atoms with E-state index in [-0.39, 0.29) is 12.1 Å². The van der Waals surface area contributed by atoms with Crippen LogP contribution in [0.4, 0.5) is 11.4 Å². The van der Waals surface area contributed by atoms with Crippen LogP contribution in [0.3, 0.4) is 0 Å². The van der Waals surface area contributed by atoms with Gasteiger partial charge in [0.05, 0.1) is 24.0 Å². The molecule has 1 saturated heterocycles. The Bertz CT molecular complexity index is 1470. The van der Waals surface area contributed by atoms with Gasteiger partial charge in [-0.15, -0.1) is 10.2 Å². The summed E-state index contributed by atoms with van der Waals surface area (Å²) in [6.45, 7) is 4.08. The number of aromatic nitrogens is 5. The van der Waals surface area contributed by atoms with Crippen LogP contribution >= 0.6 is 12.2 Å². The van der Waals surface area contributed by atoms with E-state index in [4.69, 9.17) is 12.2 Å². The average Bonchev–Trinajstić information content (AvgIpc) is 3.52. The van der Waals surface area contributed by atoms with Crippen LogP contribution in [0.1, 0.15) is 34.7 Å². The summed E-state index contributed by atoms with van der Waals surface area (Å²) < 4.78 is 29.6. The minimum Gasteiger partial charge on any atom is -0.351 e. The molecule has 10 nitrogen and oxygen atoms in total. The predicted octanol–water partition coefficient (Wildman–Crippen LogP) is 2.95. The van der Waals surface area contributed by atoms with Crippen LogP contribution in [0, 0.1) is 13.8 Å². The zero-order chi connectivity index (χ0) is 24.7. The maximum absolute atomic E-state index is 11.6. The fraction of sp³-hybridized carbons (Fsp3) is 0.217. The Morgan fingerprint density at radius 2 is 1.77 bits per heavy atom. The first-order valence-electron chi connectivity index (χ1n) is 10.9. The van der Waals surface area contributed by atoms with Gasteiger partial charge < -0.3 is 10.2 Å². The lowest BCUT2D eigenvalue weighted by Crippen LogP contribution is -2.29. The minimum atomic E-state index is -3.37. The van der Waals surface area contributed by atoms with Crippen LogP contribution in [0.15, 0.2) is 67.4 Å². The SMILES string of the molecule is Cc1cc([C@H]2[C@@H](c3ccccn3)NC(=S)N2c2ccc(NS(C)(=O)=O)cc2)c(C)n1-n1cnnc1. The highest BCUT2D eigenvalue weighted by molar-refractivity contribution is 7.92. The van der Waals surface area contributed by atoms with E-state index in [1.807, 2.05) is 46.6 Å². The van der Waals surface area contributed by atoms with Crippen molar-refractivity contribution in [1.82, 2.24) is 29.9 Å². The molecule has 2 N–H and O–H groups in total. The zero-order valence-electron chi connectivity index (χ0n) is 19.3. The molecule has 0 spiro atoms. The number of nitrogens with zero attached hydrogens (tertiary/aromatic N) is 6. The van der Waals surface area contributed by atoms with Crippen LogP contribution in [0.2, 0.25) is 0 Å². The molecule has 1 aromatic carbocycles. The molecule has 1 aliphatic heterocycles. The van der Waals surface area contributed by atoms with E-state index in [2.05, 4.69) is 43.1 Å². The summed E-state index contributed by atoms with van der Waals surface area (Å²) >= 11 is 5.80. The summed E-state index contributed by atoms with van der Waals surface area (Å²) in [6, 6.07) is 14.7. The molecule has 0 amide bonds. The Hall–Kier alpha value is -3.77. The normalized spacial score (nSPS) is 18.0. The molecule has 0 saturated carbocycles. The van der Waals surface area contributed by atoms with Gasteiger partial charge in [0.2, 0.25) is 10.0 Å². The zero-order valence-corrected chi connectivity index (χ0v) is 21.0. The molecule has 4 heterocycles. The molecule has 0 unspecified atom stereocenters. The van der Waals surface area contributed by atoms with E-state index in [0.29, 0.717) is 10.8 Å². The molecular formula is C23H24N8O2S2. The highest BCUT2D eigenvalue weighted by Crippen LogP contribution is 2.43. The van der Waals surface area contributed by atoms with Crippen molar-refractivity contribution in [2.24, 2.45) is 0 Å². The third-order valence-corrected chi connectivity index (χ3v) is 6.86. The summed E-state index contributed by atoms with van der Waals surface area (Å²) in [5.74, 6) is 0. The van der Waals surface area contributed by atoms with Gasteiger partial charge in [-0.3, -0.25) is 14.4 Å². The van der Waals surface area contributed by atoms with Gasteiger partial charge in [0, 0.05) is 34.5 Å². The summed E-state index contributed by atoms with van der Waals surface area (Å²) in [5.41, 5.74) is 5.28. The van der Waals surface area contributed by atoms with Crippen LogP contribution in [0.5, 0.6) is 0 Å². The Morgan fingerprint density at radius 3 is 2.40 bits per heavy atom. The molecule has 12 heteroatoms. The van der Waals surface area contributed by atoms with Crippen molar-refractivity contribution in [3.63, 3.8) is 0 Å². The number of benzene rings is 1. The van der Waals surface area contributed by atoms with Gasteiger partial charge in [-0.1, -0.05) is 6.07 Å². The van der Waals surface area contributed by atoms with E-state index in [0.717, 1.165) is 34.6 Å². The molecule has 2 atom stereocenters. The molecule has 0 aliphatic carbocycles. The third kappa shape index (κ3) is 4.37. The molecule has 5 rings (SSSR count). The van der Waals surface area contributed by atoms with Gasteiger partial charge in [0.15, 0.2) is 5.11 Å². The van der Waals surface area contributed by atoms with Gasteiger partial charge >= 0.3 is 0 Å². The lowest BCUT2D eigenvalue weighted by Gasteiger charge is -2.28. The highest BCUT2D eigenvalue weighted by atomic mass is 32.2. The molecule has 0 radical (unpaired) electrons. The standard InChI is InChI=1S/C23H24N8O2S2/c1-15-12-19(16(2)31(15)29-13-25-26-14-29)22-21(20-6-4-5-11-24-20)27-23(34)30(22)18-9-7-17(8-10-18)28-35(3,32)33/h4-14,21-22,28H,1-3H3,(H,27,34)/t21-,22+/m1/s1. The predicted molar refractivity (Wildman–Crippen MR) is 138 cm³/mol. The second-order valence-electron chi connectivity index (χ2n) is 8.40. The number of thiocarbonyl (C=S) groups is 1. The number of sulfonamides is 1. The van der Waals surface area contributed by atoms with E-state index in [1.165, 1.54) is 0 Å². The first-order valence-corrected chi connectivity index (χ1v) is 13.2. The maximum Gasteiger partial charge on any atom is 0.229 e. The number of nitrogens with one attached hydrogen (secondary N) is 2. The first-order chi connectivity index (χ1) is 16.7. The number of aryl methyl sites for hydroxylation is 1. The monoisotopic (exact) mass is 508 g/mol. The summed E-state index contributed by atoms with van der Waals surface area (Å²) in [7, 11) is -3.37. The van der Waals surface area contributed by atoms with Gasteiger partial charge in [-0.25, -0.2) is 13.1 Å². The average molecular weight is 509 g/mol. The lowest BCUT2D eigenvalue weighted by atomic mass is 9.96. The molecule has 4 aromatic rings. The summed E-state index contributed by atoms with van der Waals surface area (Å²) in [6.07, 6.45) is 6.21. The van der Waals surface area contributed by atoms with E-state index < -0.39 is 10.0 Å². The van der Waals surface area contributed by atoms with Crippen molar-refractivity contribution < 1.29 is 8.42 Å². The maximum atomic E-state index is 11.6. The minimum absolute atomic E-state index is 0.201. The quantitative estimate of drug-likeness (QED) is 0.383. The van der Waals surface area contributed by atoms with Crippen LogP contribution in [-0.2, 0) is 10.0 Å². The summed E-state index contributed by atoms with van der Waals surface area (Å²) in [5, 5.41) is 11.9. The number of hydrogen-bond acceptors (Lipinski definition) is 6. The van der Waals surface area contributed by atoms with Gasteiger partial charge in [0.25, 0.3) is 0 Å². The second kappa shape index (κ2) is 8.78. The molecule has 1 aliphatic rings. The Kier molecular flexibility index (Phi) is 5.77. The number of rotatable bonds is 6. The van der Waals surface area contributed by atoms with E-state index in [1.54, 1.807) is 31.0 Å². The largest absolute Gasteiger partial charge is 0.351 e. The van der Waals surface area contributed by atoms with Crippen molar-refractivity contribution in [2.75, 3.05) is 15.9 Å². The van der Waals surface area contributed by atoms with E-state index >= 15 is 0 Å². The van der Waals surface area contributed by atoms with Crippen LogP contribution < -0.4 is 14.9 Å². The third-order valence-electron chi connectivity index (χ3n) is 5.94. The second-order valence-corrected chi connectivity index (χ2v) is 10.5. The van der Waals surface area contributed by atoms with Crippen LogP contribution in [-0.4, -0.2) is 44.3 Å². The molecular weight excluding hydrogens is 484 g/mol. The van der Waals surface area contributed by atoms with E-state index in [9.17, 15) is 8.42 Å². The van der Waals surface area contributed by atoms with Crippen molar-refractivity contribution in [1.29, 1.82) is 0 Å². The van der Waals surface area contributed by atoms with Crippen molar-refractivity contribution in [3.05, 3.63) is 90.0 Å². The smallest absolute Gasteiger partial charge is 0.229 e. The lowest BCUT2D eigenvalue weighted by molar-refractivity contribution is 0.557. The topological polar surface area (TPSA) is 110 Å².